The first kappa shape index (κ1) is 18.7. The molecular weight excluding hydrogens is 410 g/mol. The van der Waals surface area contributed by atoms with Crippen LogP contribution in [0.4, 0.5) is 5.69 Å². The van der Waals surface area contributed by atoms with Gasteiger partial charge < -0.3 is 14.6 Å². The predicted octanol–water partition coefficient (Wildman–Crippen LogP) is 5.70. The molecule has 0 fully saturated rings. The van der Waals surface area contributed by atoms with E-state index in [1.807, 2.05) is 24.3 Å². The third kappa shape index (κ3) is 2.44. The van der Waals surface area contributed by atoms with E-state index in [4.69, 9.17) is 21.3 Å². The molecule has 2 atom stereocenters. The summed E-state index contributed by atoms with van der Waals surface area (Å²) in [6.07, 6.45) is 0. The van der Waals surface area contributed by atoms with Crippen molar-refractivity contribution in [3.05, 3.63) is 70.5 Å². The maximum absolute atomic E-state index is 12.5. The lowest BCUT2D eigenvalue weighted by Crippen LogP contribution is -2.45. The molecule has 2 aliphatic heterocycles. The molecule has 4 heterocycles. The van der Waals surface area contributed by atoms with Crippen LogP contribution in [0.15, 0.2) is 48.5 Å². The van der Waals surface area contributed by atoms with Gasteiger partial charge in [-0.1, -0.05) is 43.6 Å². The second kappa shape index (κ2) is 6.24. The van der Waals surface area contributed by atoms with Crippen molar-refractivity contribution in [1.29, 1.82) is 0 Å². The van der Waals surface area contributed by atoms with E-state index in [9.17, 15) is 4.79 Å². The Labute approximate surface area is 185 Å². The summed E-state index contributed by atoms with van der Waals surface area (Å²) in [7, 11) is 1.40. The van der Waals surface area contributed by atoms with E-state index >= 15 is 0 Å². The molecule has 0 unspecified atom stereocenters. The number of esters is 1. The Morgan fingerprint density at radius 2 is 2.00 bits per heavy atom. The Balaban J connectivity index is 1.68. The fraction of sp³-hybridized carbons (Fsp3) is 0.280. The van der Waals surface area contributed by atoms with Crippen molar-refractivity contribution in [2.45, 2.75) is 31.8 Å². The van der Waals surface area contributed by atoms with Crippen molar-refractivity contribution >= 4 is 45.1 Å². The molecule has 0 radical (unpaired) electrons. The summed E-state index contributed by atoms with van der Waals surface area (Å²) in [6.45, 7) is 5.41. The van der Waals surface area contributed by atoms with Crippen molar-refractivity contribution in [1.82, 2.24) is 9.55 Å². The highest BCUT2D eigenvalue weighted by molar-refractivity contribution is 6.30. The summed E-state index contributed by atoms with van der Waals surface area (Å²) in [5.41, 5.74) is 5.63. The van der Waals surface area contributed by atoms with E-state index in [2.05, 4.69) is 48.0 Å². The average molecular weight is 432 g/mol. The average Bonchev–Trinajstić information content (AvgIpc) is 3.09. The SMILES string of the molecule is COC(=O)c1cc2c3ccccc3n3c2c(n1)[C@H]1Nc2ccc(Cl)cc2C(C)(C)[C@@H]1C3. The van der Waals surface area contributed by atoms with E-state index in [1.54, 1.807) is 0 Å². The minimum Gasteiger partial charge on any atom is -0.464 e. The first-order valence-electron chi connectivity index (χ1n) is 10.5. The number of hydrogen-bond acceptors (Lipinski definition) is 4. The predicted molar refractivity (Wildman–Crippen MR) is 123 cm³/mol. The summed E-state index contributed by atoms with van der Waals surface area (Å²) in [6, 6.07) is 16.2. The van der Waals surface area contributed by atoms with Crippen LogP contribution in [-0.2, 0) is 16.7 Å². The molecule has 2 aliphatic rings. The number of anilines is 1. The van der Waals surface area contributed by atoms with Crippen molar-refractivity contribution in [2.75, 3.05) is 12.4 Å². The number of methoxy groups -OCH3 is 1. The molecule has 1 N–H and O–H groups in total. The fourth-order valence-electron chi connectivity index (χ4n) is 5.57. The number of fused-ring (bicyclic) bond motifs is 6. The molecule has 31 heavy (non-hydrogen) atoms. The maximum Gasteiger partial charge on any atom is 0.356 e. The normalized spacial score (nSPS) is 20.8. The molecule has 6 heteroatoms. The molecule has 0 saturated carbocycles. The number of benzene rings is 2. The lowest BCUT2D eigenvalue weighted by molar-refractivity contribution is 0.0593. The van der Waals surface area contributed by atoms with Crippen LogP contribution in [0.5, 0.6) is 0 Å². The number of ether oxygens (including phenoxy) is 1. The minimum absolute atomic E-state index is 0.0207. The summed E-state index contributed by atoms with van der Waals surface area (Å²) >= 11 is 6.36. The summed E-state index contributed by atoms with van der Waals surface area (Å²) < 4.78 is 7.39. The van der Waals surface area contributed by atoms with Crippen LogP contribution in [0, 0.1) is 5.92 Å². The number of pyridine rings is 1. The quantitative estimate of drug-likeness (QED) is 0.392. The van der Waals surface area contributed by atoms with Crippen LogP contribution in [0.25, 0.3) is 21.8 Å². The molecule has 156 valence electrons. The van der Waals surface area contributed by atoms with Crippen molar-refractivity contribution in [2.24, 2.45) is 5.92 Å². The lowest BCUT2D eigenvalue weighted by Gasteiger charge is -2.48. The third-order valence-corrected chi connectivity index (χ3v) is 7.39. The summed E-state index contributed by atoms with van der Waals surface area (Å²) in [5, 5.41) is 6.63. The number of nitrogens with one attached hydrogen (secondary N) is 1. The number of nitrogens with zero attached hydrogens (tertiary/aromatic N) is 2. The number of rotatable bonds is 1. The van der Waals surface area contributed by atoms with Gasteiger partial charge in [-0.2, -0.15) is 0 Å². The van der Waals surface area contributed by atoms with Crippen LogP contribution < -0.4 is 5.32 Å². The van der Waals surface area contributed by atoms with Gasteiger partial charge in [0.1, 0.15) is 5.69 Å². The first-order valence-corrected chi connectivity index (χ1v) is 10.8. The minimum atomic E-state index is -0.417. The molecule has 4 aromatic rings. The van der Waals surface area contributed by atoms with E-state index in [0.29, 0.717) is 5.69 Å². The van der Waals surface area contributed by atoms with Crippen LogP contribution in [0.1, 0.15) is 41.6 Å². The zero-order valence-electron chi connectivity index (χ0n) is 17.6. The van der Waals surface area contributed by atoms with E-state index in [1.165, 1.54) is 12.7 Å². The van der Waals surface area contributed by atoms with Crippen LogP contribution >= 0.6 is 11.6 Å². The van der Waals surface area contributed by atoms with E-state index < -0.39 is 5.97 Å². The Morgan fingerprint density at radius 3 is 2.81 bits per heavy atom. The molecule has 6 rings (SSSR count). The van der Waals surface area contributed by atoms with Gasteiger partial charge in [-0.25, -0.2) is 9.78 Å². The van der Waals surface area contributed by atoms with Crippen molar-refractivity contribution in [3.63, 3.8) is 0 Å². The number of aromatic nitrogens is 2. The van der Waals surface area contributed by atoms with Gasteiger partial charge in [0.25, 0.3) is 0 Å². The van der Waals surface area contributed by atoms with Gasteiger partial charge in [-0.05, 0) is 41.3 Å². The maximum atomic E-state index is 12.5. The number of hydrogen-bond donors (Lipinski definition) is 1. The lowest BCUT2D eigenvalue weighted by atomic mass is 9.65. The van der Waals surface area contributed by atoms with Crippen LogP contribution in [-0.4, -0.2) is 22.6 Å². The van der Waals surface area contributed by atoms with Gasteiger partial charge in [0, 0.05) is 39.5 Å². The first-order chi connectivity index (χ1) is 14.9. The second-order valence-electron chi connectivity index (χ2n) is 9.05. The largest absolute Gasteiger partial charge is 0.464 e. The van der Waals surface area contributed by atoms with Gasteiger partial charge in [0.2, 0.25) is 0 Å². The van der Waals surface area contributed by atoms with Gasteiger partial charge in [0.15, 0.2) is 0 Å². The van der Waals surface area contributed by atoms with Crippen molar-refractivity contribution in [3.8, 4) is 0 Å². The second-order valence-corrected chi connectivity index (χ2v) is 9.48. The summed E-state index contributed by atoms with van der Waals surface area (Å²) in [5.74, 6) is -0.190. The van der Waals surface area contributed by atoms with E-state index in [-0.39, 0.29) is 17.4 Å². The number of carbonyl (C=O) groups excluding carboxylic acids is 1. The Kier molecular flexibility index (Phi) is 3.76. The molecular formula is C25H22ClN3O2. The molecule has 0 bridgehead atoms. The van der Waals surface area contributed by atoms with Gasteiger partial charge in [-0.15, -0.1) is 0 Å². The molecule has 2 aromatic carbocycles. The molecule has 0 aliphatic carbocycles. The zero-order valence-corrected chi connectivity index (χ0v) is 18.3. The Hall–Kier alpha value is -3.05. The van der Waals surface area contributed by atoms with Crippen molar-refractivity contribution < 1.29 is 9.53 Å². The van der Waals surface area contributed by atoms with Gasteiger partial charge in [0.05, 0.1) is 24.4 Å². The number of para-hydroxylation sites is 1. The molecule has 5 nitrogen and oxygen atoms in total. The number of carbonyl (C=O) groups is 1. The Morgan fingerprint density at radius 1 is 1.19 bits per heavy atom. The molecule has 0 saturated heterocycles. The monoisotopic (exact) mass is 431 g/mol. The standard InChI is InChI=1S/C25H22ClN3O2/c1-25(2)16-10-13(26)8-9-18(16)27-21-17(25)12-29-20-7-5-4-6-14(20)15-11-19(24(30)31-3)28-22(21)23(15)29/h4-11,17,21,27H,12H2,1-3H3/t17-,21+/m1/s1. The zero-order chi connectivity index (χ0) is 21.5. The van der Waals surface area contributed by atoms with Crippen LogP contribution in [0.2, 0.25) is 5.02 Å². The van der Waals surface area contributed by atoms with Gasteiger partial charge >= 0.3 is 5.97 Å². The highest BCUT2D eigenvalue weighted by atomic mass is 35.5. The van der Waals surface area contributed by atoms with Crippen LogP contribution in [0.3, 0.4) is 0 Å². The van der Waals surface area contributed by atoms with E-state index in [0.717, 1.165) is 44.8 Å². The molecule has 2 aromatic heterocycles. The van der Waals surface area contributed by atoms with Gasteiger partial charge in [-0.3, -0.25) is 0 Å². The highest BCUT2D eigenvalue weighted by Crippen LogP contribution is 2.53. The fourth-order valence-corrected chi connectivity index (χ4v) is 5.74. The number of halogens is 1. The highest BCUT2D eigenvalue weighted by Gasteiger charge is 2.47. The summed E-state index contributed by atoms with van der Waals surface area (Å²) in [4.78, 5) is 17.3. The smallest absolute Gasteiger partial charge is 0.356 e. The molecule has 0 amide bonds. The Bertz CT molecular complexity index is 1410. The topological polar surface area (TPSA) is 56.2 Å². The molecule has 0 spiro atoms. The third-order valence-electron chi connectivity index (χ3n) is 7.16.